The standard InChI is InChI=1S/C13H13BrO4S/c14-8-3-9-18-12-6-7-13(19(15,16)17)11-5-2-1-4-10(11)12/h1-2,4-7H,3,8-9H2,(H,15,16,17). The second-order valence-electron chi connectivity index (χ2n) is 3.97. The van der Waals surface area contributed by atoms with Crippen LogP contribution in [0.4, 0.5) is 0 Å². The number of ether oxygens (including phenoxy) is 1. The van der Waals surface area contributed by atoms with Crippen molar-refractivity contribution in [2.45, 2.75) is 11.3 Å². The molecule has 0 heterocycles. The zero-order valence-corrected chi connectivity index (χ0v) is 12.4. The van der Waals surface area contributed by atoms with Crippen LogP contribution < -0.4 is 4.74 Å². The molecule has 1 N–H and O–H groups in total. The second kappa shape index (κ2) is 5.90. The van der Waals surface area contributed by atoms with Gasteiger partial charge in [-0.2, -0.15) is 8.42 Å². The molecule has 0 saturated heterocycles. The minimum Gasteiger partial charge on any atom is -0.493 e. The highest BCUT2D eigenvalue weighted by Crippen LogP contribution is 2.30. The Morgan fingerprint density at radius 1 is 1.11 bits per heavy atom. The molecule has 0 aromatic heterocycles. The number of fused-ring (bicyclic) bond motifs is 1. The molecule has 0 saturated carbocycles. The Labute approximate surface area is 120 Å². The molecule has 6 heteroatoms. The van der Waals surface area contributed by atoms with Crippen molar-refractivity contribution < 1.29 is 17.7 Å². The zero-order chi connectivity index (χ0) is 13.9. The molecule has 0 aliphatic carbocycles. The van der Waals surface area contributed by atoms with E-state index in [-0.39, 0.29) is 4.90 Å². The first-order chi connectivity index (χ1) is 9.04. The fourth-order valence-electron chi connectivity index (χ4n) is 1.83. The summed E-state index contributed by atoms with van der Waals surface area (Å²) in [6.07, 6.45) is 0.856. The average molecular weight is 345 g/mol. The van der Waals surface area contributed by atoms with E-state index < -0.39 is 10.1 Å². The number of rotatable bonds is 5. The first-order valence-electron chi connectivity index (χ1n) is 5.72. The Morgan fingerprint density at radius 3 is 2.42 bits per heavy atom. The summed E-state index contributed by atoms with van der Waals surface area (Å²) in [6.45, 7) is 0.542. The molecular formula is C13H13BrO4S. The highest BCUT2D eigenvalue weighted by Gasteiger charge is 2.15. The van der Waals surface area contributed by atoms with E-state index in [1.165, 1.54) is 6.07 Å². The van der Waals surface area contributed by atoms with Crippen molar-refractivity contribution in [1.29, 1.82) is 0 Å². The Morgan fingerprint density at radius 2 is 1.79 bits per heavy atom. The molecule has 0 amide bonds. The fourth-order valence-corrected chi connectivity index (χ4v) is 2.76. The molecule has 0 unspecified atom stereocenters. The van der Waals surface area contributed by atoms with Gasteiger partial charge in [0.15, 0.2) is 0 Å². The van der Waals surface area contributed by atoms with Crippen molar-refractivity contribution >= 4 is 36.8 Å². The lowest BCUT2D eigenvalue weighted by Crippen LogP contribution is -2.02. The van der Waals surface area contributed by atoms with E-state index in [1.807, 2.05) is 0 Å². The van der Waals surface area contributed by atoms with Crippen molar-refractivity contribution in [2.24, 2.45) is 0 Å². The summed E-state index contributed by atoms with van der Waals surface area (Å²) in [6, 6.07) is 9.87. The monoisotopic (exact) mass is 344 g/mol. The van der Waals surface area contributed by atoms with Crippen LogP contribution in [0, 0.1) is 0 Å². The zero-order valence-electron chi connectivity index (χ0n) is 10.0. The van der Waals surface area contributed by atoms with Gasteiger partial charge in [0, 0.05) is 16.1 Å². The number of hydrogen-bond donors (Lipinski definition) is 1. The van der Waals surface area contributed by atoms with E-state index in [0.717, 1.165) is 11.8 Å². The van der Waals surface area contributed by atoms with Crippen molar-refractivity contribution in [3.8, 4) is 5.75 Å². The van der Waals surface area contributed by atoms with Gasteiger partial charge in [-0.1, -0.05) is 40.2 Å². The molecule has 19 heavy (non-hydrogen) atoms. The summed E-state index contributed by atoms with van der Waals surface area (Å²) in [4.78, 5) is -0.101. The van der Waals surface area contributed by atoms with Gasteiger partial charge in [-0.05, 0) is 18.6 Å². The van der Waals surface area contributed by atoms with Gasteiger partial charge in [0.2, 0.25) is 0 Å². The average Bonchev–Trinajstić information content (AvgIpc) is 2.37. The van der Waals surface area contributed by atoms with Crippen LogP contribution in [-0.2, 0) is 10.1 Å². The predicted molar refractivity (Wildman–Crippen MR) is 77.7 cm³/mol. The van der Waals surface area contributed by atoms with Gasteiger partial charge in [-0.25, -0.2) is 0 Å². The maximum Gasteiger partial charge on any atom is 0.295 e. The van der Waals surface area contributed by atoms with Crippen molar-refractivity contribution in [3.05, 3.63) is 36.4 Å². The van der Waals surface area contributed by atoms with Crippen LogP contribution in [0.1, 0.15) is 6.42 Å². The predicted octanol–water partition coefficient (Wildman–Crippen LogP) is 3.25. The van der Waals surface area contributed by atoms with Crippen LogP contribution in [0.25, 0.3) is 10.8 Å². The summed E-state index contributed by atoms with van der Waals surface area (Å²) in [5.41, 5.74) is 0. The molecule has 4 nitrogen and oxygen atoms in total. The summed E-state index contributed by atoms with van der Waals surface area (Å²) >= 11 is 3.32. The number of benzene rings is 2. The van der Waals surface area contributed by atoms with E-state index >= 15 is 0 Å². The van der Waals surface area contributed by atoms with Crippen LogP contribution >= 0.6 is 15.9 Å². The quantitative estimate of drug-likeness (QED) is 0.513. The smallest absolute Gasteiger partial charge is 0.295 e. The Bertz CT molecular complexity index is 682. The third-order valence-corrected chi connectivity index (χ3v) is 4.13. The van der Waals surface area contributed by atoms with Gasteiger partial charge in [0.1, 0.15) is 10.6 Å². The molecule has 2 aromatic carbocycles. The maximum absolute atomic E-state index is 11.3. The van der Waals surface area contributed by atoms with Crippen LogP contribution in [0.3, 0.4) is 0 Å². The van der Waals surface area contributed by atoms with Crippen LogP contribution in [0.15, 0.2) is 41.3 Å². The van der Waals surface area contributed by atoms with Gasteiger partial charge >= 0.3 is 0 Å². The third kappa shape index (κ3) is 3.26. The molecule has 0 atom stereocenters. The molecule has 0 bridgehead atoms. The van der Waals surface area contributed by atoms with Crippen LogP contribution in [-0.4, -0.2) is 24.9 Å². The van der Waals surface area contributed by atoms with Crippen LogP contribution in [0.2, 0.25) is 0 Å². The lowest BCUT2D eigenvalue weighted by Gasteiger charge is -2.10. The summed E-state index contributed by atoms with van der Waals surface area (Å²) in [7, 11) is -4.23. The highest BCUT2D eigenvalue weighted by molar-refractivity contribution is 9.09. The topological polar surface area (TPSA) is 63.6 Å². The first kappa shape index (κ1) is 14.3. The molecule has 0 aliphatic heterocycles. The lowest BCUT2D eigenvalue weighted by atomic mass is 10.1. The van der Waals surface area contributed by atoms with Crippen LogP contribution in [0.5, 0.6) is 5.75 Å². The largest absolute Gasteiger partial charge is 0.493 e. The highest BCUT2D eigenvalue weighted by atomic mass is 79.9. The maximum atomic E-state index is 11.3. The van der Waals surface area contributed by atoms with E-state index in [2.05, 4.69) is 15.9 Å². The molecule has 2 rings (SSSR count). The minimum absolute atomic E-state index is 0.101. The van der Waals surface area contributed by atoms with Crippen molar-refractivity contribution in [2.75, 3.05) is 11.9 Å². The van der Waals surface area contributed by atoms with E-state index in [4.69, 9.17) is 4.74 Å². The molecule has 102 valence electrons. The van der Waals surface area contributed by atoms with Gasteiger partial charge < -0.3 is 4.74 Å². The van der Waals surface area contributed by atoms with E-state index in [1.54, 1.807) is 30.3 Å². The second-order valence-corrected chi connectivity index (χ2v) is 6.16. The van der Waals surface area contributed by atoms with Crippen molar-refractivity contribution in [1.82, 2.24) is 0 Å². The van der Waals surface area contributed by atoms with Gasteiger partial charge in [0.05, 0.1) is 6.61 Å². The lowest BCUT2D eigenvalue weighted by molar-refractivity contribution is 0.322. The number of halogens is 1. The van der Waals surface area contributed by atoms with Gasteiger partial charge in [0.25, 0.3) is 10.1 Å². The van der Waals surface area contributed by atoms with Gasteiger partial charge in [-0.3, -0.25) is 4.55 Å². The fraction of sp³-hybridized carbons (Fsp3) is 0.231. The number of hydrogen-bond acceptors (Lipinski definition) is 3. The molecule has 0 fully saturated rings. The molecular weight excluding hydrogens is 332 g/mol. The molecule has 0 spiro atoms. The summed E-state index contributed by atoms with van der Waals surface area (Å²) in [5, 5.41) is 1.97. The molecule has 2 aromatic rings. The van der Waals surface area contributed by atoms with E-state index in [0.29, 0.717) is 23.1 Å². The SMILES string of the molecule is O=S(=O)(O)c1ccc(OCCCBr)c2ccccc12. The summed E-state index contributed by atoms with van der Waals surface area (Å²) in [5.74, 6) is 0.615. The van der Waals surface area contributed by atoms with E-state index in [9.17, 15) is 13.0 Å². The number of alkyl halides is 1. The van der Waals surface area contributed by atoms with Gasteiger partial charge in [-0.15, -0.1) is 0 Å². The minimum atomic E-state index is -4.23. The van der Waals surface area contributed by atoms with Crippen molar-refractivity contribution in [3.63, 3.8) is 0 Å². The molecule has 0 radical (unpaired) electrons. The Balaban J connectivity index is 2.52. The normalized spacial score (nSPS) is 11.7. The Kier molecular flexibility index (Phi) is 4.44. The third-order valence-electron chi connectivity index (χ3n) is 2.66. The first-order valence-corrected chi connectivity index (χ1v) is 8.28. The Hall–Kier alpha value is -1.11. The summed E-state index contributed by atoms with van der Waals surface area (Å²) < 4.78 is 37.5. The molecule has 0 aliphatic rings.